The number of carbonyl (C=O) groups is 2. The van der Waals surface area contributed by atoms with Crippen LogP contribution in [0.4, 0.5) is 0 Å². The minimum Gasteiger partial charge on any atom is -0.481 e. The Morgan fingerprint density at radius 1 is 1.21 bits per heavy atom. The summed E-state index contributed by atoms with van der Waals surface area (Å²) in [7, 11) is -1.48. The van der Waals surface area contributed by atoms with Crippen LogP contribution in [0.2, 0.25) is 0 Å². The minimum atomic E-state index is -1.48. The van der Waals surface area contributed by atoms with Gasteiger partial charge >= 0.3 is 5.97 Å². The van der Waals surface area contributed by atoms with Crippen molar-refractivity contribution in [1.82, 2.24) is 5.32 Å². The van der Waals surface area contributed by atoms with Gasteiger partial charge in [-0.1, -0.05) is 12.1 Å². The molecule has 0 aliphatic carbocycles. The number of benzene rings is 1. The molecule has 104 valence electrons. The van der Waals surface area contributed by atoms with E-state index in [2.05, 4.69) is 5.32 Å². The number of hydrogen-bond acceptors (Lipinski definition) is 3. The Morgan fingerprint density at radius 2 is 1.84 bits per heavy atom. The smallest absolute Gasteiger partial charge is 0.303 e. The molecule has 0 fully saturated rings. The van der Waals surface area contributed by atoms with Gasteiger partial charge in [0.2, 0.25) is 5.91 Å². The van der Waals surface area contributed by atoms with Crippen molar-refractivity contribution in [2.45, 2.75) is 24.2 Å². The van der Waals surface area contributed by atoms with Crippen LogP contribution in [0.5, 0.6) is 0 Å². The minimum absolute atomic E-state index is 0.0135. The molecule has 4 N–H and O–H groups in total. The van der Waals surface area contributed by atoms with Gasteiger partial charge in [0.15, 0.2) is 0 Å². The van der Waals surface area contributed by atoms with Crippen LogP contribution < -0.4 is 10.5 Å². The number of nitrogens with one attached hydrogen (secondary N) is 1. The third-order valence-corrected chi connectivity index (χ3v) is 3.19. The molecular formula is C12H16N2O4S. The Hall–Kier alpha value is -1.73. The van der Waals surface area contributed by atoms with Gasteiger partial charge in [0, 0.05) is 13.0 Å². The first kappa shape index (κ1) is 15.3. The van der Waals surface area contributed by atoms with Crippen LogP contribution in [-0.4, -0.2) is 27.7 Å². The van der Waals surface area contributed by atoms with Gasteiger partial charge in [-0.3, -0.25) is 9.59 Å². The van der Waals surface area contributed by atoms with E-state index in [0.29, 0.717) is 17.9 Å². The second-order valence-corrected chi connectivity index (χ2v) is 5.00. The highest BCUT2D eigenvalue weighted by molar-refractivity contribution is 7.82. The normalized spacial score (nSPS) is 11.8. The van der Waals surface area contributed by atoms with Gasteiger partial charge in [-0.25, -0.2) is 9.35 Å². The lowest BCUT2D eigenvalue weighted by atomic mass is 10.1. The van der Waals surface area contributed by atoms with Crippen LogP contribution in [0, 0.1) is 0 Å². The monoisotopic (exact) mass is 284 g/mol. The molecule has 1 aromatic carbocycles. The maximum absolute atomic E-state index is 11.2. The first-order valence-corrected chi connectivity index (χ1v) is 6.94. The summed E-state index contributed by atoms with van der Waals surface area (Å²) in [5, 5.41) is 16.3. The number of carboxylic acid groups (broad SMARTS) is 1. The van der Waals surface area contributed by atoms with Gasteiger partial charge in [0.1, 0.15) is 11.0 Å². The molecule has 0 aliphatic heterocycles. The number of amides is 1. The first-order chi connectivity index (χ1) is 8.99. The van der Waals surface area contributed by atoms with E-state index in [1.54, 1.807) is 24.3 Å². The van der Waals surface area contributed by atoms with Crippen LogP contribution in [0.1, 0.15) is 18.4 Å². The molecule has 0 saturated heterocycles. The lowest BCUT2D eigenvalue weighted by Crippen LogP contribution is -2.26. The number of carbonyl (C=O) groups excluding carboxylic acids is 1. The van der Waals surface area contributed by atoms with Crippen molar-refractivity contribution in [2.24, 2.45) is 5.14 Å². The SMILES string of the molecule is NS(=O)c1ccc(CCNC(=O)CCC(=O)O)cc1. The molecule has 1 rings (SSSR count). The summed E-state index contributed by atoms with van der Waals surface area (Å²) in [6.45, 7) is 0.434. The third kappa shape index (κ3) is 6.12. The number of rotatable bonds is 7. The van der Waals surface area contributed by atoms with Crippen molar-refractivity contribution in [1.29, 1.82) is 0 Å². The molecule has 0 spiro atoms. The first-order valence-electron chi connectivity index (χ1n) is 5.72. The molecule has 0 saturated carbocycles. The fourth-order valence-corrected chi connectivity index (χ4v) is 1.85. The molecule has 1 aromatic rings. The number of nitrogens with two attached hydrogens (primary N) is 1. The molecule has 1 unspecified atom stereocenters. The second kappa shape index (κ2) is 7.65. The highest BCUT2D eigenvalue weighted by Gasteiger charge is 2.04. The summed E-state index contributed by atoms with van der Waals surface area (Å²) in [5.41, 5.74) is 0.979. The molecule has 6 nitrogen and oxygen atoms in total. The van der Waals surface area contributed by atoms with Crippen molar-refractivity contribution < 1.29 is 18.9 Å². The van der Waals surface area contributed by atoms with E-state index in [1.165, 1.54) is 0 Å². The Morgan fingerprint density at radius 3 is 2.37 bits per heavy atom. The van der Waals surface area contributed by atoms with E-state index in [4.69, 9.17) is 10.2 Å². The summed E-state index contributed by atoms with van der Waals surface area (Å²) >= 11 is 0. The van der Waals surface area contributed by atoms with Crippen LogP contribution in [0.15, 0.2) is 29.2 Å². The maximum atomic E-state index is 11.2. The molecule has 1 amide bonds. The molecule has 7 heteroatoms. The van der Waals surface area contributed by atoms with Crippen molar-refractivity contribution in [2.75, 3.05) is 6.54 Å². The van der Waals surface area contributed by atoms with Gasteiger partial charge in [0.05, 0.1) is 11.3 Å². The Labute approximate surface area is 113 Å². The molecule has 0 aliphatic rings. The van der Waals surface area contributed by atoms with E-state index >= 15 is 0 Å². The number of carboxylic acids is 1. The van der Waals surface area contributed by atoms with Gasteiger partial charge in [-0.15, -0.1) is 0 Å². The van der Waals surface area contributed by atoms with E-state index in [-0.39, 0.29) is 18.7 Å². The lowest BCUT2D eigenvalue weighted by Gasteiger charge is -2.05. The van der Waals surface area contributed by atoms with Gasteiger partial charge in [-0.05, 0) is 24.1 Å². The molecule has 0 aromatic heterocycles. The average Bonchev–Trinajstić information content (AvgIpc) is 2.37. The van der Waals surface area contributed by atoms with E-state index in [9.17, 15) is 13.8 Å². The van der Waals surface area contributed by atoms with Crippen molar-refractivity contribution in [3.8, 4) is 0 Å². The standard InChI is InChI=1S/C12H16N2O4S/c13-19(18)10-3-1-9(2-4-10)7-8-14-11(15)5-6-12(16)17/h1-4H,5-8,13H2,(H,14,15)(H,16,17). The highest BCUT2D eigenvalue weighted by Crippen LogP contribution is 2.06. The number of hydrogen-bond donors (Lipinski definition) is 3. The van der Waals surface area contributed by atoms with E-state index in [0.717, 1.165) is 5.56 Å². The maximum Gasteiger partial charge on any atom is 0.303 e. The summed E-state index contributed by atoms with van der Waals surface area (Å²) in [6.07, 6.45) is 0.444. The largest absolute Gasteiger partial charge is 0.481 e. The van der Waals surface area contributed by atoms with Crippen molar-refractivity contribution in [3.05, 3.63) is 29.8 Å². The van der Waals surface area contributed by atoms with Crippen LogP contribution in [-0.2, 0) is 27.0 Å². The summed E-state index contributed by atoms with van der Waals surface area (Å²) in [4.78, 5) is 22.1. The van der Waals surface area contributed by atoms with E-state index in [1.807, 2.05) is 0 Å². The molecule has 0 heterocycles. The Bertz CT molecular complexity index is 473. The topological polar surface area (TPSA) is 109 Å². The zero-order valence-corrected chi connectivity index (χ0v) is 11.1. The van der Waals surface area contributed by atoms with Crippen molar-refractivity contribution >= 4 is 22.9 Å². The number of aliphatic carboxylic acids is 1. The molecule has 1 atom stereocenters. The quantitative estimate of drug-likeness (QED) is 0.664. The van der Waals surface area contributed by atoms with Crippen LogP contribution in [0.25, 0.3) is 0 Å². The average molecular weight is 284 g/mol. The third-order valence-electron chi connectivity index (χ3n) is 2.46. The van der Waals surface area contributed by atoms with Gasteiger partial charge in [0.25, 0.3) is 0 Å². The lowest BCUT2D eigenvalue weighted by molar-refractivity contribution is -0.138. The fraction of sp³-hybridized carbons (Fsp3) is 0.333. The van der Waals surface area contributed by atoms with Crippen LogP contribution in [0.3, 0.4) is 0 Å². The van der Waals surface area contributed by atoms with Gasteiger partial charge in [-0.2, -0.15) is 0 Å². The summed E-state index contributed by atoms with van der Waals surface area (Å²) in [5.74, 6) is -1.26. The molecule has 0 bridgehead atoms. The summed E-state index contributed by atoms with van der Waals surface area (Å²) in [6, 6.07) is 6.95. The second-order valence-electron chi connectivity index (χ2n) is 3.94. The molecule has 19 heavy (non-hydrogen) atoms. The zero-order valence-electron chi connectivity index (χ0n) is 10.3. The summed E-state index contributed by atoms with van der Waals surface area (Å²) < 4.78 is 11.0. The predicted octanol–water partition coefficient (Wildman–Crippen LogP) is 0.191. The van der Waals surface area contributed by atoms with Crippen molar-refractivity contribution in [3.63, 3.8) is 0 Å². The molecule has 0 radical (unpaired) electrons. The fourth-order valence-electron chi connectivity index (χ4n) is 1.45. The highest BCUT2D eigenvalue weighted by atomic mass is 32.2. The Balaban J connectivity index is 2.31. The predicted molar refractivity (Wildman–Crippen MR) is 70.6 cm³/mol. The Kier molecular flexibility index (Phi) is 6.17. The van der Waals surface area contributed by atoms with Gasteiger partial charge < -0.3 is 10.4 Å². The molecular weight excluding hydrogens is 268 g/mol. The zero-order chi connectivity index (χ0) is 14.3. The van der Waals surface area contributed by atoms with E-state index < -0.39 is 17.0 Å². The van der Waals surface area contributed by atoms with Crippen LogP contribution >= 0.6 is 0 Å².